The summed E-state index contributed by atoms with van der Waals surface area (Å²) in [5, 5.41) is 8.90. The van der Waals surface area contributed by atoms with Crippen LogP contribution in [0.2, 0.25) is 0 Å². The molecule has 0 aliphatic carbocycles. The number of aromatic nitrogens is 1. The van der Waals surface area contributed by atoms with Gasteiger partial charge in [-0.2, -0.15) is 5.26 Å². The standard InChI is InChI=1S/C10H10N2O2/c1-7-2-3-12-10(9(7)4-11)14-8-5-13-6-8/h2-3,8H,5-6H2,1H3. The second kappa shape index (κ2) is 3.64. The number of nitriles is 1. The SMILES string of the molecule is Cc1ccnc(OC2COC2)c1C#N. The van der Waals surface area contributed by atoms with E-state index < -0.39 is 0 Å². The first-order valence-electron chi connectivity index (χ1n) is 4.41. The van der Waals surface area contributed by atoms with Gasteiger partial charge in [-0.05, 0) is 18.6 Å². The molecule has 0 amide bonds. The Hall–Kier alpha value is -1.60. The molecule has 0 spiro atoms. The lowest BCUT2D eigenvalue weighted by atomic mass is 10.2. The molecule has 14 heavy (non-hydrogen) atoms. The maximum absolute atomic E-state index is 8.90. The molecule has 1 aromatic rings. The van der Waals surface area contributed by atoms with Gasteiger partial charge in [-0.25, -0.2) is 4.98 Å². The molecule has 0 bridgehead atoms. The number of hydrogen-bond donors (Lipinski definition) is 0. The summed E-state index contributed by atoms with van der Waals surface area (Å²) in [5.41, 5.74) is 1.40. The van der Waals surface area contributed by atoms with E-state index in [0.717, 1.165) is 5.56 Å². The molecule has 0 radical (unpaired) electrons. The zero-order chi connectivity index (χ0) is 9.97. The summed E-state index contributed by atoms with van der Waals surface area (Å²) in [5.74, 6) is 0.417. The summed E-state index contributed by atoms with van der Waals surface area (Å²) in [6.07, 6.45) is 1.70. The van der Waals surface area contributed by atoms with Crippen molar-refractivity contribution in [2.75, 3.05) is 13.2 Å². The number of hydrogen-bond acceptors (Lipinski definition) is 4. The number of nitrogens with zero attached hydrogens (tertiary/aromatic N) is 2. The maximum Gasteiger partial charge on any atom is 0.232 e. The highest BCUT2D eigenvalue weighted by atomic mass is 16.6. The fraction of sp³-hybridized carbons (Fsp3) is 0.400. The third-order valence-electron chi connectivity index (χ3n) is 2.12. The van der Waals surface area contributed by atoms with Crippen molar-refractivity contribution in [1.82, 2.24) is 4.98 Å². The van der Waals surface area contributed by atoms with E-state index in [4.69, 9.17) is 14.7 Å². The van der Waals surface area contributed by atoms with Crippen molar-refractivity contribution in [2.45, 2.75) is 13.0 Å². The Bertz CT molecular complexity index is 380. The molecule has 72 valence electrons. The summed E-state index contributed by atoms with van der Waals surface area (Å²) < 4.78 is 10.5. The topological polar surface area (TPSA) is 55.1 Å². The van der Waals surface area contributed by atoms with Crippen LogP contribution in [-0.4, -0.2) is 24.3 Å². The van der Waals surface area contributed by atoms with Crippen molar-refractivity contribution in [1.29, 1.82) is 5.26 Å². The van der Waals surface area contributed by atoms with Crippen LogP contribution in [0.25, 0.3) is 0 Å². The van der Waals surface area contributed by atoms with Gasteiger partial charge in [0.1, 0.15) is 17.7 Å². The van der Waals surface area contributed by atoms with Crippen LogP contribution in [0.4, 0.5) is 0 Å². The van der Waals surface area contributed by atoms with E-state index in [1.165, 1.54) is 0 Å². The average molecular weight is 190 g/mol. The van der Waals surface area contributed by atoms with Gasteiger partial charge in [-0.3, -0.25) is 0 Å². The molecule has 0 aromatic carbocycles. The maximum atomic E-state index is 8.90. The smallest absolute Gasteiger partial charge is 0.232 e. The molecule has 0 atom stereocenters. The lowest BCUT2D eigenvalue weighted by Gasteiger charge is -2.26. The van der Waals surface area contributed by atoms with E-state index in [-0.39, 0.29) is 6.10 Å². The van der Waals surface area contributed by atoms with Crippen LogP contribution in [-0.2, 0) is 4.74 Å². The number of ether oxygens (including phenoxy) is 2. The predicted octanol–water partition coefficient (Wildman–Crippen LogP) is 1.04. The lowest BCUT2D eigenvalue weighted by Crippen LogP contribution is -2.39. The molecule has 1 aromatic heterocycles. The zero-order valence-corrected chi connectivity index (χ0v) is 7.86. The number of pyridine rings is 1. The van der Waals surface area contributed by atoms with Crippen LogP contribution in [0.1, 0.15) is 11.1 Å². The summed E-state index contributed by atoms with van der Waals surface area (Å²) >= 11 is 0. The van der Waals surface area contributed by atoms with Crippen LogP contribution in [0, 0.1) is 18.3 Å². The Balaban J connectivity index is 2.23. The third kappa shape index (κ3) is 1.54. The van der Waals surface area contributed by atoms with Crippen molar-refractivity contribution >= 4 is 0 Å². The highest BCUT2D eigenvalue weighted by Crippen LogP contribution is 2.20. The molecule has 1 fully saturated rings. The van der Waals surface area contributed by atoms with Gasteiger partial charge in [0.15, 0.2) is 0 Å². The van der Waals surface area contributed by atoms with E-state index >= 15 is 0 Å². The monoisotopic (exact) mass is 190 g/mol. The summed E-state index contributed by atoms with van der Waals surface area (Å²) in [4.78, 5) is 4.03. The molecule has 0 saturated carbocycles. The van der Waals surface area contributed by atoms with Crippen LogP contribution in [0.15, 0.2) is 12.3 Å². The molecular formula is C10H10N2O2. The molecule has 4 nitrogen and oxygen atoms in total. The average Bonchev–Trinajstić information content (AvgIpc) is 2.11. The molecule has 0 unspecified atom stereocenters. The van der Waals surface area contributed by atoms with Gasteiger partial charge in [0, 0.05) is 6.20 Å². The fourth-order valence-corrected chi connectivity index (χ4v) is 1.20. The zero-order valence-electron chi connectivity index (χ0n) is 7.86. The first-order chi connectivity index (χ1) is 6.81. The second-order valence-electron chi connectivity index (χ2n) is 3.20. The minimum Gasteiger partial charge on any atom is -0.468 e. The molecular weight excluding hydrogens is 180 g/mol. The first-order valence-corrected chi connectivity index (χ1v) is 4.41. The Labute approximate surface area is 82.1 Å². The minimum absolute atomic E-state index is 0.0522. The van der Waals surface area contributed by atoms with Crippen molar-refractivity contribution in [3.63, 3.8) is 0 Å². The molecule has 2 heterocycles. The number of rotatable bonds is 2. The van der Waals surface area contributed by atoms with Gasteiger partial charge in [0.2, 0.25) is 5.88 Å². The van der Waals surface area contributed by atoms with Gasteiger partial charge in [0.05, 0.1) is 13.2 Å². The summed E-state index contributed by atoms with van der Waals surface area (Å²) in [6.45, 7) is 3.03. The predicted molar refractivity (Wildman–Crippen MR) is 48.9 cm³/mol. The van der Waals surface area contributed by atoms with Crippen LogP contribution >= 0.6 is 0 Å². The Morgan fingerprint density at radius 1 is 1.64 bits per heavy atom. The van der Waals surface area contributed by atoms with E-state index in [0.29, 0.717) is 24.7 Å². The first kappa shape index (κ1) is 8.97. The number of aryl methyl sites for hydroxylation is 1. The molecule has 0 N–H and O–H groups in total. The summed E-state index contributed by atoms with van der Waals surface area (Å²) in [6, 6.07) is 3.88. The van der Waals surface area contributed by atoms with Crippen molar-refractivity contribution in [2.24, 2.45) is 0 Å². The van der Waals surface area contributed by atoms with E-state index in [9.17, 15) is 0 Å². The van der Waals surface area contributed by atoms with Crippen molar-refractivity contribution in [3.05, 3.63) is 23.4 Å². The van der Waals surface area contributed by atoms with E-state index in [1.807, 2.05) is 6.92 Å². The highest BCUT2D eigenvalue weighted by Gasteiger charge is 2.22. The Morgan fingerprint density at radius 3 is 3.00 bits per heavy atom. The van der Waals surface area contributed by atoms with Crippen molar-refractivity contribution in [3.8, 4) is 11.9 Å². The molecule has 1 aliphatic heterocycles. The van der Waals surface area contributed by atoms with Gasteiger partial charge in [-0.15, -0.1) is 0 Å². The van der Waals surface area contributed by atoms with Crippen LogP contribution < -0.4 is 4.74 Å². The van der Waals surface area contributed by atoms with Gasteiger partial charge in [0.25, 0.3) is 0 Å². The molecule has 2 rings (SSSR count). The molecule has 4 heteroatoms. The molecule has 1 aliphatic rings. The Morgan fingerprint density at radius 2 is 2.43 bits per heavy atom. The highest BCUT2D eigenvalue weighted by molar-refractivity contribution is 5.43. The van der Waals surface area contributed by atoms with Crippen LogP contribution in [0.5, 0.6) is 5.88 Å². The molecule has 1 saturated heterocycles. The van der Waals surface area contributed by atoms with Gasteiger partial charge in [-0.1, -0.05) is 0 Å². The lowest BCUT2D eigenvalue weighted by molar-refractivity contribution is -0.0814. The van der Waals surface area contributed by atoms with Crippen LogP contribution in [0.3, 0.4) is 0 Å². The van der Waals surface area contributed by atoms with Crippen molar-refractivity contribution < 1.29 is 9.47 Å². The second-order valence-corrected chi connectivity index (χ2v) is 3.20. The minimum atomic E-state index is 0.0522. The van der Waals surface area contributed by atoms with E-state index in [2.05, 4.69) is 11.1 Å². The summed E-state index contributed by atoms with van der Waals surface area (Å²) in [7, 11) is 0. The largest absolute Gasteiger partial charge is 0.468 e. The Kier molecular flexibility index (Phi) is 2.33. The third-order valence-corrected chi connectivity index (χ3v) is 2.12. The fourth-order valence-electron chi connectivity index (χ4n) is 1.20. The quantitative estimate of drug-likeness (QED) is 0.699. The van der Waals surface area contributed by atoms with Gasteiger partial charge >= 0.3 is 0 Å². The van der Waals surface area contributed by atoms with Gasteiger partial charge < -0.3 is 9.47 Å². The van der Waals surface area contributed by atoms with E-state index in [1.54, 1.807) is 12.3 Å². The normalized spacial score (nSPS) is 15.7.